The smallest absolute Gasteiger partial charge is 0.309 e. The standard InChI is InChI=1S/C22H25N3O3.C21H23N3O3/c1-2-27-22(26)18-14-17(18)20-13-15-12-16(7-8-19(15)25-20)28-11-5-10-24-21-6-3-4-9-23-21;25-21(26)13-14-11-17(14)19-12-15-10-16(5-6-18(15)24-19)27-9-3-8-23-20-4-1-2-7-22-20/h3-4,6-9,12-13,17-18,25H,2,5,10-11,14H2,1H3,(H,23,24);1-2,4-7,10,12,14,17,24H,3,8-9,11,13H2,(H,22,23)(H,25,26). The molecule has 4 unspecified atom stereocenters. The third-order valence-electron chi connectivity index (χ3n) is 9.89. The minimum Gasteiger partial charge on any atom is -0.494 e. The number of H-pyrrole nitrogens is 2. The van der Waals surface area contributed by atoms with Crippen molar-refractivity contribution in [3.05, 3.63) is 109 Å². The predicted octanol–water partition coefficient (Wildman–Crippen LogP) is 8.13. The topological polar surface area (TPSA) is 163 Å². The number of fused-ring (bicyclic) bond motifs is 2. The van der Waals surface area contributed by atoms with Crippen LogP contribution in [0.25, 0.3) is 21.8 Å². The number of nitrogens with zero attached hydrogens (tertiary/aromatic N) is 2. The van der Waals surface area contributed by atoms with Crippen molar-refractivity contribution >= 4 is 45.4 Å². The fourth-order valence-electron chi connectivity index (χ4n) is 6.86. The van der Waals surface area contributed by atoms with Crippen LogP contribution in [0.1, 0.15) is 62.3 Å². The number of carbonyl (C=O) groups is 2. The van der Waals surface area contributed by atoms with Gasteiger partial charge in [0, 0.05) is 76.9 Å². The van der Waals surface area contributed by atoms with Crippen LogP contribution in [0.5, 0.6) is 11.5 Å². The van der Waals surface area contributed by atoms with Gasteiger partial charge in [0.1, 0.15) is 23.1 Å². The molecule has 0 bridgehead atoms. The molecular weight excluding hydrogens is 697 g/mol. The highest BCUT2D eigenvalue weighted by Crippen LogP contribution is 2.50. The minimum atomic E-state index is -0.716. The van der Waals surface area contributed by atoms with Crippen LogP contribution in [0.3, 0.4) is 0 Å². The van der Waals surface area contributed by atoms with Gasteiger partial charge in [0.25, 0.3) is 0 Å². The number of carboxylic acid groups (broad SMARTS) is 1. The van der Waals surface area contributed by atoms with Gasteiger partial charge in [-0.1, -0.05) is 12.1 Å². The van der Waals surface area contributed by atoms with Gasteiger partial charge in [-0.3, -0.25) is 9.59 Å². The lowest BCUT2D eigenvalue weighted by Gasteiger charge is -2.07. The molecule has 2 fully saturated rings. The van der Waals surface area contributed by atoms with Gasteiger partial charge >= 0.3 is 11.9 Å². The number of anilines is 2. The van der Waals surface area contributed by atoms with Crippen molar-refractivity contribution in [1.82, 2.24) is 19.9 Å². The van der Waals surface area contributed by atoms with E-state index in [0.717, 1.165) is 95.1 Å². The third-order valence-corrected chi connectivity index (χ3v) is 9.89. The molecular formula is C43H48N6O6. The summed E-state index contributed by atoms with van der Waals surface area (Å²) in [4.78, 5) is 38.0. The van der Waals surface area contributed by atoms with Gasteiger partial charge in [0.15, 0.2) is 0 Å². The zero-order valence-corrected chi connectivity index (χ0v) is 31.0. The largest absolute Gasteiger partial charge is 0.494 e. The van der Waals surface area contributed by atoms with Gasteiger partial charge in [0.2, 0.25) is 0 Å². The molecule has 0 amide bonds. The fourth-order valence-corrected chi connectivity index (χ4v) is 6.86. The molecule has 2 aliphatic rings. The Morgan fingerprint density at radius 3 is 1.82 bits per heavy atom. The Morgan fingerprint density at radius 1 is 0.745 bits per heavy atom. The Bertz CT molecular complexity index is 2170. The number of aliphatic carboxylic acids is 1. The number of benzene rings is 2. The van der Waals surface area contributed by atoms with Gasteiger partial charge < -0.3 is 39.9 Å². The van der Waals surface area contributed by atoms with Gasteiger partial charge in [-0.15, -0.1) is 0 Å². The van der Waals surface area contributed by atoms with Crippen molar-refractivity contribution in [2.45, 2.75) is 50.9 Å². The van der Waals surface area contributed by atoms with Crippen LogP contribution < -0.4 is 20.1 Å². The van der Waals surface area contributed by atoms with E-state index in [1.165, 1.54) is 0 Å². The number of rotatable bonds is 18. The summed E-state index contributed by atoms with van der Waals surface area (Å²) in [6.07, 6.45) is 7.37. The highest BCUT2D eigenvalue weighted by molar-refractivity contribution is 5.84. The molecule has 4 atom stereocenters. The van der Waals surface area contributed by atoms with Crippen LogP contribution in [0.4, 0.5) is 11.6 Å². The molecule has 0 saturated heterocycles. The number of nitrogens with one attached hydrogen (secondary N) is 4. The maximum absolute atomic E-state index is 11.9. The van der Waals surface area contributed by atoms with Crippen LogP contribution in [0, 0.1) is 11.8 Å². The number of carboxylic acids is 1. The summed E-state index contributed by atoms with van der Waals surface area (Å²) in [6.45, 7) is 5.16. The summed E-state index contributed by atoms with van der Waals surface area (Å²) in [5, 5.41) is 17.7. The number of esters is 1. The van der Waals surface area contributed by atoms with Crippen LogP contribution >= 0.6 is 0 Å². The monoisotopic (exact) mass is 744 g/mol. The van der Waals surface area contributed by atoms with E-state index in [-0.39, 0.29) is 30.1 Å². The first kappa shape index (κ1) is 37.3. The van der Waals surface area contributed by atoms with Crippen LogP contribution in [-0.2, 0) is 14.3 Å². The van der Waals surface area contributed by atoms with Gasteiger partial charge in [-0.25, -0.2) is 9.97 Å². The van der Waals surface area contributed by atoms with Crippen molar-refractivity contribution in [3.63, 3.8) is 0 Å². The molecule has 8 rings (SSSR count). The van der Waals surface area contributed by atoms with Crippen molar-refractivity contribution in [3.8, 4) is 11.5 Å². The highest BCUT2D eigenvalue weighted by Gasteiger charge is 2.46. The summed E-state index contributed by atoms with van der Waals surface area (Å²) in [5.74, 6) is 3.50. The van der Waals surface area contributed by atoms with E-state index in [2.05, 4.69) is 42.7 Å². The van der Waals surface area contributed by atoms with Crippen LogP contribution in [0.2, 0.25) is 0 Å². The molecule has 2 saturated carbocycles. The van der Waals surface area contributed by atoms with E-state index in [1.807, 2.05) is 79.7 Å². The Hall–Kier alpha value is -6.04. The number of pyridine rings is 2. The Balaban J connectivity index is 0.000000169. The second-order valence-corrected chi connectivity index (χ2v) is 14.0. The van der Waals surface area contributed by atoms with Gasteiger partial charge in [0.05, 0.1) is 25.7 Å². The third kappa shape index (κ3) is 10.3. The molecule has 286 valence electrons. The Morgan fingerprint density at radius 2 is 1.31 bits per heavy atom. The number of aromatic nitrogens is 4. The summed E-state index contributed by atoms with van der Waals surface area (Å²) < 4.78 is 16.9. The molecule has 2 aromatic carbocycles. The molecule has 6 aromatic rings. The Kier molecular flexibility index (Phi) is 12.1. The zero-order valence-electron chi connectivity index (χ0n) is 31.0. The lowest BCUT2D eigenvalue weighted by molar-refractivity contribution is -0.144. The molecule has 0 aliphatic heterocycles. The molecule has 12 heteroatoms. The molecule has 55 heavy (non-hydrogen) atoms. The quantitative estimate of drug-likeness (QED) is 0.0429. The summed E-state index contributed by atoms with van der Waals surface area (Å²) in [5.41, 5.74) is 4.36. The zero-order chi connectivity index (χ0) is 38.0. The maximum Gasteiger partial charge on any atom is 0.309 e. The first-order valence-electron chi connectivity index (χ1n) is 19.1. The first-order valence-corrected chi connectivity index (χ1v) is 19.1. The molecule has 2 aliphatic carbocycles. The molecule has 0 spiro atoms. The number of ether oxygens (including phenoxy) is 3. The number of carbonyl (C=O) groups excluding carboxylic acids is 1. The van der Waals surface area contributed by atoms with Crippen molar-refractivity contribution < 1.29 is 28.9 Å². The highest BCUT2D eigenvalue weighted by atomic mass is 16.5. The summed E-state index contributed by atoms with van der Waals surface area (Å²) in [7, 11) is 0. The SMILES string of the molecule is CCOC(=O)C1CC1c1cc2cc(OCCCNc3ccccn3)ccc2[nH]1.O=C(O)CC1CC1c1cc2cc(OCCCNc3ccccn3)ccc2[nH]1. The molecule has 4 aromatic heterocycles. The van der Waals surface area contributed by atoms with E-state index >= 15 is 0 Å². The molecule has 4 heterocycles. The first-order chi connectivity index (χ1) is 26.9. The molecule has 5 N–H and O–H groups in total. The average molecular weight is 745 g/mol. The average Bonchev–Trinajstić information content (AvgIpc) is 4.07. The minimum absolute atomic E-state index is 0.00432. The lowest BCUT2D eigenvalue weighted by Crippen LogP contribution is -2.08. The van der Waals surface area contributed by atoms with E-state index < -0.39 is 5.97 Å². The number of hydrogen-bond acceptors (Lipinski definition) is 9. The van der Waals surface area contributed by atoms with E-state index in [4.69, 9.17) is 19.3 Å². The van der Waals surface area contributed by atoms with Gasteiger partial charge in [-0.2, -0.15) is 0 Å². The normalized spacial score (nSPS) is 18.2. The van der Waals surface area contributed by atoms with Gasteiger partial charge in [-0.05, 0) is 111 Å². The molecule has 12 nitrogen and oxygen atoms in total. The second-order valence-electron chi connectivity index (χ2n) is 14.0. The Labute approximate surface area is 320 Å². The lowest BCUT2D eigenvalue weighted by atomic mass is 10.2. The van der Waals surface area contributed by atoms with E-state index in [1.54, 1.807) is 12.4 Å². The summed E-state index contributed by atoms with van der Waals surface area (Å²) in [6, 6.07) is 27.9. The fraction of sp³-hybridized carbons (Fsp3) is 0.349. The van der Waals surface area contributed by atoms with Crippen LogP contribution in [0.15, 0.2) is 97.3 Å². The van der Waals surface area contributed by atoms with E-state index in [0.29, 0.717) is 25.7 Å². The second kappa shape index (κ2) is 17.9. The van der Waals surface area contributed by atoms with Crippen molar-refractivity contribution in [1.29, 1.82) is 0 Å². The van der Waals surface area contributed by atoms with Crippen LogP contribution in [-0.4, -0.2) is 69.9 Å². The van der Waals surface area contributed by atoms with E-state index in [9.17, 15) is 9.59 Å². The number of aromatic amines is 2. The van der Waals surface area contributed by atoms with Crippen molar-refractivity contribution in [2.24, 2.45) is 11.8 Å². The summed E-state index contributed by atoms with van der Waals surface area (Å²) >= 11 is 0. The maximum atomic E-state index is 11.9. The van der Waals surface area contributed by atoms with Crippen molar-refractivity contribution in [2.75, 3.05) is 43.5 Å². The number of hydrogen-bond donors (Lipinski definition) is 5. The predicted molar refractivity (Wildman–Crippen MR) is 213 cm³/mol. The molecule has 0 radical (unpaired) electrons.